The van der Waals surface area contributed by atoms with Gasteiger partial charge in [-0.3, -0.25) is 25.8 Å². The standard InChI is InChI=1S/C23H25N3O6S/c1-3-14-31-22(29)17-7-11-19(12-8-17)32-15-21(28)25-26-23(33)24-20(27)13-6-16-4-9-18(30-2)10-5-16/h4-13H,3,14-15H2,1-2H3,(H,25,28)(H2,24,26,27,33). The highest BCUT2D eigenvalue weighted by atomic mass is 32.1. The minimum Gasteiger partial charge on any atom is -0.497 e. The Kier molecular flexibility index (Phi) is 10.4. The van der Waals surface area contributed by atoms with Crippen molar-refractivity contribution in [1.29, 1.82) is 0 Å². The topological polar surface area (TPSA) is 115 Å². The van der Waals surface area contributed by atoms with E-state index in [0.29, 0.717) is 23.7 Å². The average Bonchev–Trinajstić information content (AvgIpc) is 2.84. The number of hydrogen-bond donors (Lipinski definition) is 3. The number of methoxy groups -OCH3 is 1. The molecule has 0 aromatic heterocycles. The zero-order valence-corrected chi connectivity index (χ0v) is 19.1. The van der Waals surface area contributed by atoms with Gasteiger partial charge in [0.05, 0.1) is 19.3 Å². The fraction of sp³-hybridized carbons (Fsp3) is 0.217. The van der Waals surface area contributed by atoms with E-state index in [2.05, 4.69) is 16.2 Å². The molecule has 0 aliphatic carbocycles. The first-order valence-electron chi connectivity index (χ1n) is 10.0. The van der Waals surface area contributed by atoms with Crippen LogP contribution in [0.2, 0.25) is 0 Å². The van der Waals surface area contributed by atoms with Crippen LogP contribution < -0.4 is 25.6 Å². The second-order valence-electron chi connectivity index (χ2n) is 6.55. The highest BCUT2D eigenvalue weighted by molar-refractivity contribution is 7.80. The van der Waals surface area contributed by atoms with Crippen LogP contribution in [0.25, 0.3) is 6.08 Å². The van der Waals surface area contributed by atoms with Crippen molar-refractivity contribution in [2.45, 2.75) is 13.3 Å². The molecule has 2 amide bonds. The number of benzene rings is 2. The van der Waals surface area contributed by atoms with Crippen LogP contribution in [0.4, 0.5) is 0 Å². The molecule has 0 bridgehead atoms. The number of nitrogens with one attached hydrogen (secondary N) is 3. The lowest BCUT2D eigenvalue weighted by molar-refractivity contribution is -0.123. The van der Waals surface area contributed by atoms with Crippen LogP contribution in [0.1, 0.15) is 29.3 Å². The van der Waals surface area contributed by atoms with Crippen molar-refractivity contribution < 1.29 is 28.6 Å². The highest BCUT2D eigenvalue weighted by Gasteiger charge is 2.08. The largest absolute Gasteiger partial charge is 0.497 e. The van der Waals surface area contributed by atoms with E-state index in [-0.39, 0.29) is 11.7 Å². The first-order chi connectivity index (χ1) is 15.9. The Hall–Kier alpha value is -3.92. The summed E-state index contributed by atoms with van der Waals surface area (Å²) in [4.78, 5) is 35.6. The Bertz CT molecular complexity index is 990. The minimum absolute atomic E-state index is 0.0809. The summed E-state index contributed by atoms with van der Waals surface area (Å²) in [6, 6.07) is 13.4. The number of amides is 2. The zero-order chi connectivity index (χ0) is 24.1. The van der Waals surface area contributed by atoms with Crippen molar-refractivity contribution in [2.75, 3.05) is 20.3 Å². The molecule has 0 unspecified atom stereocenters. The number of carbonyl (C=O) groups excluding carboxylic acids is 3. The molecule has 0 aliphatic heterocycles. The summed E-state index contributed by atoms with van der Waals surface area (Å²) in [5.41, 5.74) is 5.93. The summed E-state index contributed by atoms with van der Waals surface area (Å²) in [7, 11) is 1.57. The molecule has 3 N–H and O–H groups in total. The van der Waals surface area contributed by atoms with Gasteiger partial charge in [-0.05, 0) is 66.7 Å². The van der Waals surface area contributed by atoms with Gasteiger partial charge in [0.25, 0.3) is 5.91 Å². The maximum atomic E-state index is 11.9. The fourth-order valence-corrected chi connectivity index (χ4v) is 2.50. The normalized spacial score (nSPS) is 10.2. The molecular formula is C23H25N3O6S. The van der Waals surface area contributed by atoms with Crippen LogP contribution in [-0.4, -0.2) is 43.2 Å². The van der Waals surface area contributed by atoms with Gasteiger partial charge in [0.15, 0.2) is 11.7 Å². The van der Waals surface area contributed by atoms with Gasteiger partial charge in [-0.2, -0.15) is 0 Å². The highest BCUT2D eigenvalue weighted by Crippen LogP contribution is 2.13. The molecule has 0 aliphatic rings. The Labute approximate surface area is 197 Å². The molecule has 0 heterocycles. The van der Waals surface area contributed by atoms with E-state index in [9.17, 15) is 14.4 Å². The van der Waals surface area contributed by atoms with Crippen molar-refractivity contribution in [3.05, 3.63) is 65.7 Å². The van der Waals surface area contributed by atoms with E-state index in [4.69, 9.17) is 26.4 Å². The molecule has 2 aromatic carbocycles. The van der Waals surface area contributed by atoms with Gasteiger partial charge < -0.3 is 14.2 Å². The van der Waals surface area contributed by atoms with Crippen molar-refractivity contribution >= 4 is 41.2 Å². The van der Waals surface area contributed by atoms with E-state index in [1.165, 1.54) is 6.08 Å². The van der Waals surface area contributed by atoms with Gasteiger partial charge in [0.1, 0.15) is 11.5 Å². The third kappa shape index (κ3) is 9.40. The number of esters is 1. The quantitative estimate of drug-likeness (QED) is 0.221. The Morgan fingerprint density at radius 2 is 1.64 bits per heavy atom. The second-order valence-corrected chi connectivity index (χ2v) is 6.96. The van der Waals surface area contributed by atoms with E-state index in [1.54, 1.807) is 61.7 Å². The number of hydrazine groups is 1. The van der Waals surface area contributed by atoms with Crippen molar-refractivity contribution in [2.24, 2.45) is 0 Å². The minimum atomic E-state index is -0.521. The first kappa shape index (κ1) is 25.3. The zero-order valence-electron chi connectivity index (χ0n) is 18.3. The maximum Gasteiger partial charge on any atom is 0.338 e. The fourth-order valence-electron chi connectivity index (χ4n) is 2.35. The van der Waals surface area contributed by atoms with Crippen LogP contribution in [0, 0.1) is 0 Å². The average molecular weight is 472 g/mol. The van der Waals surface area contributed by atoms with Crippen LogP contribution in [-0.2, 0) is 14.3 Å². The smallest absolute Gasteiger partial charge is 0.338 e. The molecule has 2 aromatic rings. The number of hydrogen-bond acceptors (Lipinski definition) is 7. The maximum absolute atomic E-state index is 11.9. The van der Waals surface area contributed by atoms with Crippen LogP contribution in [0.3, 0.4) is 0 Å². The summed E-state index contributed by atoms with van der Waals surface area (Å²) in [6.45, 7) is 1.96. The number of ether oxygens (including phenoxy) is 3. The SMILES string of the molecule is CCCOC(=O)c1ccc(OCC(=O)NNC(=S)NC(=O)C=Cc2ccc(OC)cc2)cc1. The molecule has 0 saturated heterocycles. The third-order valence-electron chi connectivity index (χ3n) is 3.99. The van der Waals surface area contributed by atoms with Crippen molar-refractivity contribution in [1.82, 2.24) is 16.2 Å². The van der Waals surface area contributed by atoms with E-state index >= 15 is 0 Å². The Balaban J connectivity index is 1.68. The van der Waals surface area contributed by atoms with E-state index < -0.39 is 17.8 Å². The Morgan fingerprint density at radius 3 is 2.27 bits per heavy atom. The van der Waals surface area contributed by atoms with Gasteiger partial charge in [-0.15, -0.1) is 0 Å². The summed E-state index contributed by atoms with van der Waals surface area (Å²) < 4.78 is 15.5. The first-order valence-corrected chi connectivity index (χ1v) is 10.4. The molecule has 0 spiro atoms. The second kappa shape index (κ2) is 13.5. The summed E-state index contributed by atoms with van der Waals surface area (Å²) >= 11 is 4.97. The molecular weight excluding hydrogens is 446 g/mol. The molecule has 0 radical (unpaired) electrons. The van der Waals surface area contributed by atoms with Crippen molar-refractivity contribution in [3.8, 4) is 11.5 Å². The van der Waals surface area contributed by atoms with E-state index in [1.807, 2.05) is 6.92 Å². The molecule has 0 saturated carbocycles. The monoisotopic (exact) mass is 471 g/mol. The molecule has 10 heteroatoms. The summed E-state index contributed by atoms with van der Waals surface area (Å²) in [5.74, 6) is -0.291. The lowest BCUT2D eigenvalue weighted by Gasteiger charge is -2.11. The lowest BCUT2D eigenvalue weighted by atomic mass is 10.2. The van der Waals surface area contributed by atoms with Gasteiger partial charge in [0.2, 0.25) is 5.91 Å². The molecule has 0 atom stereocenters. The van der Waals surface area contributed by atoms with Crippen LogP contribution in [0.15, 0.2) is 54.6 Å². The number of thiocarbonyl (C=S) groups is 1. The molecule has 9 nitrogen and oxygen atoms in total. The molecule has 33 heavy (non-hydrogen) atoms. The summed E-state index contributed by atoms with van der Waals surface area (Å²) in [5, 5.41) is 2.32. The number of rotatable bonds is 9. The Morgan fingerprint density at radius 1 is 0.970 bits per heavy atom. The lowest BCUT2D eigenvalue weighted by Crippen LogP contribution is -2.49. The molecule has 0 fully saturated rings. The predicted octanol–water partition coefficient (Wildman–Crippen LogP) is 2.38. The van der Waals surface area contributed by atoms with Crippen molar-refractivity contribution in [3.63, 3.8) is 0 Å². The predicted molar refractivity (Wildman–Crippen MR) is 127 cm³/mol. The molecule has 174 valence electrons. The number of carbonyl (C=O) groups is 3. The van der Waals surface area contributed by atoms with Gasteiger partial charge in [-0.1, -0.05) is 19.1 Å². The van der Waals surface area contributed by atoms with Gasteiger partial charge in [-0.25, -0.2) is 4.79 Å². The third-order valence-corrected chi connectivity index (χ3v) is 4.20. The summed E-state index contributed by atoms with van der Waals surface area (Å²) in [6.07, 6.45) is 3.66. The van der Waals surface area contributed by atoms with Crippen LogP contribution in [0.5, 0.6) is 11.5 Å². The van der Waals surface area contributed by atoms with E-state index in [0.717, 1.165) is 12.0 Å². The van der Waals surface area contributed by atoms with Gasteiger partial charge >= 0.3 is 5.97 Å². The van der Waals surface area contributed by atoms with Gasteiger partial charge in [0, 0.05) is 6.08 Å². The van der Waals surface area contributed by atoms with Crippen LogP contribution >= 0.6 is 12.2 Å². The molecule has 2 rings (SSSR count).